The molecule has 1 aliphatic rings. The van der Waals surface area contributed by atoms with Gasteiger partial charge in [0.25, 0.3) is 5.91 Å². The summed E-state index contributed by atoms with van der Waals surface area (Å²) in [5, 5.41) is 7.12. The third-order valence-corrected chi connectivity index (χ3v) is 5.30. The molecule has 0 spiro atoms. The van der Waals surface area contributed by atoms with Crippen LogP contribution >= 0.6 is 0 Å². The lowest BCUT2D eigenvalue weighted by molar-refractivity contribution is 0.0632. The topological polar surface area (TPSA) is 66.1 Å². The second-order valence-electron chi connectivity index (χ2n) is 7.40. The molecule has 4 rings (SSSR count). The van der Waals surface area contributed by atoms with E-state index in [2.05, 4.69) is 10.2 Å². The molecular formula is C23H22FN3O2. The standard InChI is InChI=1S/C23H22FN3O2/c24-19-10-8-17(9-11-19)22(28)18-7-4-12-27(15-18)23(29)21-14-20(25-26-21)13-16-5-2-1-3-6-16/h1-3,5-6,8-11,14,18H,4,7,12-13,15H2,(H,25,26). The minimum absolute atomic E-state index is 0.0469. The van der Waals surface area contributed by atoms with Crippen molar-refractivity contribution in [3.8, 4) is 0 Å². The Morgan fingerprint density at radius 2 is 1.86 bits per heavy atom. The summed E-state index contributed by atoms with van der Waals surface area (Å²) in [4.78, 5) is 27.3. The first-order valence-corrected chi connectivity index (χ1v) is 9.77. The normalized spacial score (nSPS) is 16.6. The molecule has 0 bridgehead atoms. The zero-order chi connectivity index (χ0) is 20.2. The molecule has 29 heavy (non-hydrogen) atoms. The van der Waals surface area contributed by atoms with E-state index in [4.69, 9.17) is 0 Å². The maximum atomic E-state index is 13.1. The molecule has 1 aromatic heterocycles. The van der Waals surface area contributed by atoms with Gasteiger partial charge in [0.05, 0.1) is 0 Å². The Morgan fingerprint density at radius 1 is 1.10 bits per heavy atom. The minimum Gasteiger partial charge on any atom is -0.337 e. The Hall–Kier alpha value is -3.28. The number of carbonyl (C=O) groups excluding carboxylic acids is 2. The predicted molar refractivity (Wildman–Crippen MR) is 107 cm³/mol. The van der Waals surface area contributed by atoms with E-state index < -0.39 is 0 Å². The van der Waals surface area contributed by atoms with Gasteiger partial charge in [0.1, 0.15) is 11.5 Å². The molecule has 1 N–H and O–H groups in total. The molecule has 5 nitrogen and oxygen atoms in total. The molecular weight excluding hydrogens is 369 g/mol. The van der Waals surface area contributed by atoms with Crippen LogP contribution in [-0.4, -0.2) is 39.9 Å². The second kappa shape index (κ2) is 8.39. The lowest BCUT2D eigenvalue weighted by Gasteiger charge is -2.31. The van der Waals surface area contributed by atoms with Gasteiger partial charge in [0, 0.05) is 36.7 Å². The number of likely N-dealkylation sites (tertiary alicyclic amines) is 1. The highest BCUT2D eigenvalue weighted by Gasteiger charge is 2.30. The molecule has 148 valence electrons. The molecule has 0 saturated carbocycles. The summed E-state index contributed by atoms with van der Waals surface area (Å²) in [6, 6.07) is 17.3. The van der Waals surface area contributed by atoms with E-state index in [1.54, 1.807) is 11.0 Å². The number of piperidine rings is 1. The summed E-state index contributed by atoms with van der Waals surface area (Å²) in [6.07, 6.45) is 2.15. The summed E-state index contributed by atoms with van der Waals surface area (Å²) in [5.74, 6) is -0.862. The molecule has 1 fully saturated rings. The van der Waals surface area contributed by atoms with Gasteiger partial charge in [-0.25, -0.2) is 4.39 Å². The first-order chi connectivity index (χ1) is 14.1. The number of nitrogens with one attached hydrogen (secondary N) is 1. The van der Waals surface area contributed by atoms with Crippen molar-refractivity contribution in [1.29, 1.82) is 0 Å². The fraction of sp³-hybridized carbons (Fsp3) is 0.261. The molecule has 1 amide bonds. The number of rotatable bonds is 5. The van der Waals surface area contributed by atoms with E-state index >= 15 is 0 Å². The number of hydrogen-bond acceptors (Lipinski definition) is 3. The van der Waals surface area contributed by atoms with Crippen LogP contribution in [0.1, 0.15) is 44.9 Å². The van der Waals surface area contributed by atoms with Crippen molar-refractivity contribution in [2.24, 2.45) is 5.92 Å². The van der Waals surface area contributed by atoms with Crippen LogP contribution in [-0.2, 0) is 6.42 Å². The highest BCUT2D eigenvalue weighted by atomic mass is 19.1. The molecule has 2 aromatic carbocycles. The summed E-state index contributed by atoms with van der Waals surface area (Å²) in [7, 11) is 0. The lowest BCUT2D eigenvalue weighted by atomic mass is 9.90. The van der Waals surface area contributed by atoms with Crippen molar-refractivity contribution in [3.63, 3.8) is 0 Å². The van der Waals surface area contributed by atoms with Crippen LogP contribution in [0.15, 0.2) is 60.7 Å². The SMILES string of the molecule is O=C(c1ccc(F)cc1)C1CCCN(C(=O)c2cc(Cc3ccccc3)[nH]n2)C1. The third-order valence-electron chi connectivity index (χ3n) is 5.30. The molecule has 3 aromatic rings. The van der Waals surface area contributed by atoms with Gasteiger partial charge in [-0.05, 0) is 48.7 Å². The minimum atomic E-state index is -0.369. The van der Waals surface area contributed by atoms with Crippen LogP contribution in [0, 0.1) is 11.7 Å². The van der Waals surface area contributed by atoms with Crippen molar-refractivity contribution >= 4 is 11.7 Å². The average molecular weight is 391 g/mol. The average Bonchev–Trinajstić information content (AvgIpc) is 3.22. The summed E-state index contributed by atoms with van der Waals surface area (Å²) in [5.41, 5.74) is 2.86. The fourth-order valence-electron chi connectivity index (χ4n) is 3.76. The Balaban J connectivity index is 1.42. The van der Waals surface area contributed by atoms with Crippen LogP contribution < -0.4 is 0 Å². The number of ketones is 1. The molecule has 6 heteroatoms. The quantitative estimate of drug-likeness (QED) is 0.672. The maximum Gasteiger partial charge on any atom is 0.274 e. The number of H-pyrrole nitrogens is 1. The number of carbonyl (C=O) groups is 2. The van der Waals surface area contributed by atoms with Crippen molar-refractivity contribution in [1.82, 2.24) is 15.1 Å². The highest BCUT2D eigenvalue weighted by Crippen LogP contribution is 2.22. The van der Waals surface area contributed by atoms with Crippen LogP contribution in [0.4, 0.5) is 4.39 Å². The number of amides is 1. The number of hydrogen-bond donors (Lipinski definition) is 1. The fourth-order valence-corrected chi connectivity index (χ4v) is 3.76. The van der Waals surface area contributed by atoms with Gasteiger partial charge in [0.2, 0.25) is 0 Å². The zero-order valence-corrected chi connectivity index (χ0v) is 16.0. The maximum absolute atomic E-state index is 13.1. The molecule has 1 aliphatic heterocycles. The Bertz CT molecular complexity index is 998. The predicted octanol–water partition coefficient (Wildman–Crippen LogP) is 3.87. The van der Waals surface area contributed by atoms with Crippen LogP contribution in [0.3, 0.4) is 0 Å². The third kappa shape index (κ3) is 4.42. The van der Waals surface area contributed by atoms with Gasteiger partial charge in [-0.1, -0.05) is 30.3 Å². The van der Waals surface area contributed by atoms with Crippen LogP contribution in [0.2, 0.25) is 0 Å². The highest BCUT2D eigenvalue weighted by molar-refractivity contribution is 5.99. The number of halogens is 1. The second-order valence-corrected chi connectivity index (χ2v) is 7.40. The van der Waals surface area contributed by atoms with Crippen molar-refractivity contribution in [3.05, 3.63) is 89.0 Å². The van der Waals surface area contributed by atoms with Crippen molar-refractivity contribution < 1.29 is 14.0 Å². The summed E-state index contributed by atoms with van der Waals surface area (Å²) >= 11 is 0. The van der Waals surface area contributed by atoms with Gasteiger partial charge in [-0.2, -0.15) is 5.10 Å². The first kappa shape index (κ1) is 19.1. The Labute approximate surface area is 168 Å². The monoisotopic (exact) mass is 391 g/mol. The van der Waals surface area contributed by atoms with Gasteiger partial charge < -0.3 is 4.90 Å². The number of benzene rings is 2. The number of nitrogens with zero attached hydrogens (tertiary/aromatic N) is 2. The van der Waals surface area contributed by atoms with Crippen molar-refractivity contribution in [2.45, 2.75) is 19.3 Å². The van der Waals surface area contributed by atoms with Crippen molar-refractivity contribution in [2.75, 3.05) is 13.1 Å². The molecule has 0 radical (unpaired) electrons. The van der Waals surface area contributed by atoms with E-state index in [1.807, 2.05) is 30.3 Å². The Morgan fingerprint density at radius 3 is 2.62 bits per heavy atom. The van der Waals surface area contributed by atoms with E-state index in [-0.39, 0.29) is 23.4 Å². The summed E-state index contributed by atoms with van der Waals surface area (Å²) < 4.78 is 13.1. The lowest BCUT2D eigenvalue weighted by Crippen LogP contribution is -2.42. The summed E-state index contributed by atoms with van der Waals surface area (Å²) in [6.45, 7) is 0.961. The van der Waals surface area contributed by atoms with E-state index in [0.717, 1.165) is 24.1 Å². The largest absolute Gasteiger partial charge is 0.337 e. The number of Topliss-reactive ketones (excluding diaryl/α,β-unsaturated/α-hetero) is 1. The van der Waals surface area contributed by atoms with Crippen LogP contribution in [0.25, 0.3) is 0 Å². The smallest absolute Gasteiger partial charge is 0.274 e. The van der Waals surface area contributed by atoms with Gasteiger partial charge >= 0.3 is 0 Å². The number of aromatic nitrogens is 2. The molecule has 1 saturated heterocycles. The molecule has 1 atom stereocenters. The first-order valence-electron chi connectivity index (χ1n) is 9.77. The Kier molecular flexibility index (Phi) is 5.51. The van der Waals surface area contributed by atoms with Gasteiger partial charge in [0.15, 0.2) is 5.78 Å². The van der Waals surface area contributed by atoms with E-state index in [9.17, 15) is 14.0 Å². The zero-order valence-electron chi connectivity index (χ0n) is 16.0. The molecule has 2 heterocycles. The molecule has 1 unspecified atom stereocenters. The molecule has 0 aliphatic carbocycles. The van der Waals surface area contributed by atoms with Gasteiger partial charge in [-0.3, -0.25) is 14.7 Å². The van der Waals surface area contributed by atoms with E-state index in [0.29, 0.717) is 30.8 Å². The van der Waals surface area contributed by atoms with E-state index in [1.165, 1.54) is 24.3 Å². The van der Waals surface area contributed by atoms with Crippen LogP contribution in [0.5, 0.6) is 0 Å². The van der Waals surface area contributed by atoms with Gasteiger partial charge in [-0.15, -0.1) is 0 Å². The number of aromatic amines is 1.